The first kappa shape index (κ1) is 30.7. The molecule has 0 spiro atoms. The first-order valence-electron chi connectivity index (χ1n) is 13.7. The van der Waals surface area contributed by atoms with E-state index < -0.39 is 5.79 Å². The highest BCUT2D eigenvalue weighted by Gasteiger charge is 2.33. The van der Waals surface area contributed by atoms with Crippen LogP contribution in [0, 0.1) is 29.6 Å². The molecule has 0 radical (unpaired) electrons. The zero-order valence-electron chi connectivity index (χ0n) is 25.0. The Morgan fingerprint density at radius 2 is 1.70 bits per heavy atom. The van der Waals surface area contributed by atoms with Crippen LogP contribution < -0.4 is 19.9 Å². The average molecular weight is 614 g/mol. The molecule has 1 fully saturated rings. The molecule has 3 heterocycles. The number of anilines is 1. The van der Waals surface area contributed by atoms with Crippen molar-refractivity contribution in [3.8, 4) is 52.0 Å². The maximum atomic E-state index is 10.2. The maximum absolute atomic E-state index is 10.2. The average Bonchev–Trinajstić information content (AvgIpc) is 3.58. The molecule has 2 N–H and O–H groups in total. The van der Waals surface area contributed by atoms with Gasteiger partial charge in [-0.3, -0.25) is 0 Å². The maximum Gasteiger partial charge on any atom is 0.226 e. The Morgan fingerprint density at radius 3 is 2.34 bits per heavy atom. The fourth-order valence-corrected chi connectivity index (χ4v) is 5.73. The molecule has 12 heteroatoms. The largest absolute Gasteiger partial charge is 0.493 e. The van der Waals surface area contributed by atoms with E-state index in [2.05, 4.69) is 22.1 Å². The van der Waals surface area contributed by atoms with Crippen LogP contribution in [0.15, 0.2) is 51.9 Å². The molecule has 1 aliphatic rings. The highest BCUT2D eigenvalue weighted by atomic mass is 32.2. The quantitative estimate of drug-likeness (QED) is 0.212. The van der Waals surface area contributed by atoms with Gasteiger partial charge in [-0.25, -0.2) is 9.97 Å². The molecule has 1 atom stereocenters. The molecule has 0 aliphatic carbocycles. The van der Waals surface area contributed by atoms with Crippen LogP contribution in [-0.4, -0.2) is 49.3 Å². The number of nitriles is 2. The lowest BCUT2D eigenvalue weighted by molar-refractivity contribution is -0.141. The van der Waals surface area contributed by atoms with Crippen molar-refractivity contribution in [3.63, 3.8) is 0 Å². The summed E-state index contributed by atoms with van der Waals surface area (Å²) in [5.41, 5.74) is 9.05. The van der Waals surface area contributed by atoms with E-state index in [1.165, 1.54) is 11.8 Å². The summed E-state index contributed by atoms with van der Waals surface area (Å²) in [7, 11) is 3.13. The summed E-state index contributed by atoms with van der Waals surface area (Å²) in [4.78, 5) is 9.08. The van der Waals surface area contributed by atoms with Crippen molar-refractivity contribution in [2.45, 2.75) is 43.4 Å². The fraction of sp³-hybridized carbons (Fsp3) is 0.312. The van der Waals surface area contributed by atoms with Gasteiger partial charge in [0.2, 0.25) is 5.89 Å². The van der Waals surface area contributed by atoms with E-state index in [0.717, 1.165) is 5.56 Å². The predicted octanol–water partition coefficient (Wildman–Crippen LogP) is 5.88. The van der Waals surface area contributed by atoms with Gasteiger partial charge in [0.15, 0.2) is 17.3 Å². The van der Waals surface area contributed by atoms with E-state index in [0.29, 0.717) is 69.7 Å². The van der Waals surface area contributed by atoms with Crippen LogP contribution in [-0.2, 0) is 15.2 Å². The van der Waals surface area contributed by atoms with Gasteiger partial charge in [0.05, 0.1) is 32.1 Å². The third kappa shape index (κ3) is 6.43. The Bertz CT molecular complexity index is 1760. The number of thioether (sulfide) groups is 1. The molecule has 1 aliphatic heterocycles. The van der Waals surface area contributed by atoms with Crippen molar-refractivity contribution in [2.24, 2.45) is 0 Å². The second kappa shape index (κ2) is 12.9. The second-order valence-corrected chi connectivity index (χ2v) is 11.3. The summed E-state index contributed by atoms with van der Waals surface area (Å²) in [5.74, 6) is 2.57. The van der Waals surface area contributed by atoms with Gasteiger partial charge < -0.3 is 33.8 Å². The van der Waals surface area contributed by atoms with E-state index in [1.54, 1.807) is 50.6 Å². The number of nitrogen functional groups attached to an aromatic ring is 1. The van der Waals surface area contributed by atoms with Gasteiger partial charge in [-0.15, -0.1) is 0 Å². The number of oxazole rings is 1. The highest BCUT2D eigenvalue weighted by Crippen LogP contribution is 2.38. The van der Waals surface area contributed by atoms with E-state index >= 15 is 0 Å². The number of aromatic nitrogens is 2. The monoisotopic (exact) mass is 613 g/mol. The number of nitrogens with two attached hydrogens (primary N) is 1. The van der Waals surface area contributed by atoms with Crippen molar-refractivity contribution >= 4 is 17.6 Å². The van der Waals surface area contributed by atoms with Gasteiger partial charge in [-0.05, 0) is 56.7 Å². The number of hydrogen-bond acceptors (Lipinski definition) is 12. The van der Waals surface area contributed by atoms with Crippen molar-refractivity contribution in [1.82, 2.24) is 9.97 Å². The van der Waals surface area contributed by atoms with Gasteiger partial charge in [0.25, 0.3) is 0 Å². The topological polar surface area (TPSA) is 159 Å². The summed E-state index contributed by atoms with van der Waals surface area (Å²) in [5, 5.41) is 20.5. The molecular weight excluding hydrogens is 582 g/mol. The summed E-state index contributed by atoms with van der Waals surface area (Å²) < 4.78 is 33.9. The number of ether oxygens (including phenoxy) is 5. The Balaban J connectivity index is 1.37. The van der Waals surface area contributed by atoms with E-state index in [4.69, 9.17) is 33.8 Å². The predicted molar refractivity (Wildman–Crippen MR) is 163 cm³/mol. The third-order valence-electron chi connectivity index (χ3n) is 6.93. The number of rotatable bonds is 10. The smallest absolute Gasteiger partial charge is 0.226 e. The normalized spacial score (nSPS) is 15.4. The standard InChI is InChI=1S/C32H31N5O6S/c1-18-25(36-30(42-18)20-8-11-26(38-4)27(12-20)39-5)17-44-31-24(14-34)28(23(13-33)29(35)37-31)19-6-9-21(10-7-19)40-15-22-16-41-32(2,3)43-22/h6-12,22H,15-17H2,1-5H3,(H2,35,37)/t22-/m0/s1. The van der Waals surface area contributed by atoms with Crippen molar-refractivity contribution in [3.05, 3.63) is 65.0 Å². The minimum absolute atomic E-state index is 0.0354. The molecule has 44 heavy (non-hydrogen) atoms. The molecule has 1 saturated heterocycles. The molecule has 4 aromatic rings. The first-order valence-corrected chi connectivity index (χ1v) is 14.6. The molecular formula is C32H31N5O6S. The number of hydrogen-bond donors (Lipinski definition) is 1. The first-order chi connectivity index (χ1) is 21.2. The van der Waals surface area contributed by atoms with Crippen LogP contribution in [0.25, 0.3) is 22.6 Å². The number of pyridine rings is 1. The Labute approximate surface area is 259 Å². The summed E-state index contributed by atoms with van der Waals surface area (Å²) in [6, 6.07) is 16.9. The zero-order chi connectivity index (χ0) is 31.4. The fourth-order valence-electron chi connectivity index (χ4n) is 4.73. The van der Waals surface area contributed by atoms with Gasteiger partial charge in [0.1, 0.15) is 52.8 Å². The molecule has 0 amide bonds. The summed E-state index contributed by atoms with van der Waals surface area (Å²) in [6.07, 6.45) is -0.178. The SMILES string of the molecule is COc1ccc(-c2nc(CSc3nc(N)c(C#N)c(-c4ccc(OC[C@H]5COC(C)(C)O5)cc4)c3C#N)c(C)o2)cc1OC. The number of nitrogens with zero attached hydrogens (tertiary/aromatic N) is 4. The van der Waals surface area contributed by atoms with Crippen LogP contribution >= 0.6 is 11.8 Å². The van der Waals surface area contributed by atoms with E-state index in [-0.39, 0.29) is 23.0 Å². The van der Waals surface area contributed by atoms with Gasteiger partial charge in [-0.2, -0.15) is 10.5 Å². The lowest BCUT2D eigenvalue weighted by Crippen LogP contribution is -2.25. The number of aryl methyl sites for hydroxylation is 1. The molecule has 0 bridgehead atoms. The zero-order valence-corrected chi connectivity index (χ0v) is 25.8. The second-order valence-electron chi connectivity index (χ2n) is 10.3. The third-order valence-corrected chi connectivity index (χ3v) is 7.92. The molecule has 2 aromatic carbocycles. The molecule has 11 nitrogen and oxygen atoms in total. The molecule has 0 unspecified atom stereocenters. The number of methoxy groups -OCH3 is 2. The van der Waals surface area contributed by atoms with Gasteiger partial charge in [-0.1, -0.05) is 23.9 Å². The molecule has 5 rings (SSSR count). The van der Waals surface area contributed by atoms with Crippen molar-refractivity contribution in [1.29, 1.82) is 10.5 Å². The van der Waals surface area contributed by atoms with E-state index in [9.17, 15) is 10.5 Å². The van der Waals surface area contributed by atoms with Gasteiger partial charge >= 0.3 is 0 Å². The summed E-state index contributed by atoms with van der Waals surface area (Å²) in [6.45, 7) is 6.32. The highest BCUT2D eigenvalue weighted by molar-refractivity contribution is 7.98. The van der Waals surface area contributed by atoms with E-state index in [1.807, 2.05) is 26.8 Å². The van der Waals surface area contributed by atoms with Crippen LogP contribution in [0.2, 0.25) is 0 Å². The molecule has 2 aromatic heterocycles. The lowest BCUT2D eigenvalue weighted by atomic mass is 9.97. The lowest BCUT2D eigenvalue weighted by Gasteiger charge is -2.17. The minimum atomic E-state index is -0.629. The van der Waals surface area contributed by atoms with Crippen LogP contribution in [0.5, 0.6) is 17.2 Å². The molecule has 0 saturated carbocycles. The van der Waals surface area contributed by atoms with Crippen molar-refractivity contribution in [2.75, 3.05) is 33.2 Å². The van der Waals surface area contributed by atoms with Crippen LogP contribution in [0.3, 0.4) is 0 Å². The Hall–Kier alpha value is -4.75. The van der Waals surface area contributed by atoms with Gasteiger partial charge in [0, 0.05) is 16.9 Å². The van der Waals surface area contributed by atoms with Crippen LogP contribution in [0.1, 0.15) is 36.4 Å². The number of benzene rings is 2. The Kier molecular flexibility index (Phi) is 8.97. The Morgan fingerprint density at radius 1 is 1.00 bits per heavy atom. The molecule has 226 valence electrons. The van der Waals surface area contributed by atoms with Crippen molar-refractivity contribution < 1.29 is 28.1 Å². The van der Waals surface area contributed by atoms with Crippen LogP contribution in [0.4, 0.5) is 5.82 Å². The minimum Gasteiger partial charge on any atom is -0.493 e. The summed E-state index contributed by atoms with van der Waals surface area (Å²) >= 11 is 1.29.